The average molecular weight is 611 g/mol. The van der Waals surface area contributed by atoms with Crippen LogP contribution in [-0.4, -0.2) is 36.4 Å². The highest BCUT2D eigenvalue weighted by atomic mass is 16.6. The second-order valence-electron chi connectivity index (χ2n) is 13.5. The van der Waals surface area contributed by atoms with Gasteiger partial charge in [0.25, 0.3) is 0 Å². The molecule has 0 heterocycles. The zero-order chi connectivity index (χ0) is 31.6. The van der Waals surface area contributed by atoms with Crippen LogP contribution >= 0.6 is 0 Å². The van der Waals surface area contributed by atoms with E-state index < -0.39 is 6.10 Å². The Labute approximate surface area is 268 Å². The number of rotatable bonds is 34. The molecule has 256 valence electrons. The van der Waals surface area contributed by atoms with Crippen LogP contribution in [0.4, 0.5) is 0 Å². The van der Waals surface area contributed by atoms with Crippen LogP contribution in [-0.2, 0) is 19.1 Å². The number of unbranched alkanes of at least 4 members (excludes halogenated alkanes) is 24. The van der Waals surface area contributed by atoms with Crippen LogP contribution < -0.4 is 0 Å². The van der Waals surface area contributed by atoms with E-state index in [1.807, 2.05) is 0 Å². The summed E-state index contributed by atoms with van der Waals surface area (Å²) in [4.78, 5) is 24.2. The molecular weight excluding hydrogens is 536 g/mol. The molecule has 0 saturated carbocycles. The van der Waals surface area contributed by atoms with E-state index >= 15 is 0 Å². The van der Waals surface area contributed by atoms with Gasteiger partial charge in [-0.15, -0.1) is 0 Å². The second-order valence-corrected chi connectivity index (χ2v) is 13.5. The van der Waals surface area contributed by atoms with Gasteiger partial charge in [0.2, 0.25) is 0 Å². The van der Waals surface area contributed by atoms with Crippen molar-refractivity contribution in [2.24, 2.45) is 5.92 Å². The molecule has 0 aromatic carbocycles. The van der Waals surface area contributed by atoms with Crippen molar-refractivity contribution in [2.45, 2.75) is 213 Å². The van der Waals surface area contributed by atoms with Gasteiger partial charge in [-0.2, -0.15) is 0 Å². The van der Waals surface area contributed by atoms with E-state index in [4.69, 9.17) is 9.47 Å². The molecule has 0 unspecified atom stereocenters. The molecule has 0 radical (unpaired) electrons. The van der Waals surface area contributed by atoms with Crippen molar-refractivity contribution in [3.63, 3.8) is 0 Å². The lowest BCUT2D eigenvalue weighted by Crippen LogP contribution is -2.28. The van der Waals surface area contributed by atoms with E-state index in [2.05, 4.69) is 20.8 Å². The number of hydrogen-bond donors (Lipinski definition) is 1. The largest absolute Gasteiger partial charge is 0.462 e. The van der Waals surface area contributed by atoms with Crippen LogP contribution in [0, 0.1) is 5.92 Å². The second kappa shape index (κ2) is 33.8. The molecule has 0 aliphatic heterocycles. The molecule has 0 spiro atoms. The van der Waals surface area contributed by atoms with E-state index in [9.17, 15) is 14.7 Å². The number of carbonyl (C=O) groups is 2. The summed E-state index contributed by atoms with van der Waals surface area (Å²) in [7, 11) is 0. The molecule has 0 aliphatic carbocycles. The minimum absolute atomic E-state index is 0.0580. The Bertz CT molecular complexity index is 591. The van der Waals surface area contributed by atoms with Crippen molar-refractivity contribution in [1.82, 2.24) is 0 Å². The quantitative estimate of drug-likeness (QED) is 0.0579. The first-order valence-electron chi connectivity index (χ1n) is 19.0. The molecule has 0 aromatic heterocycles. The normalized spacial score (nSPS) is 12.1. The standard InChI is InChI=1S/C38H74O5/c1-4-5-6-7-8-9-15-19-22-25-28-31-37(40)42-34-36(33-39)43-38(41)32-29-26-23-20-17-14-12-10-11-13-16-18-21-24-27-30-35(2)3/h35-36,39H,4-34H2,1-3H3/t36-/m0/s1. The summed E-state index contributed by atoms with van der Waals surface area (Å²) in [6, 6.07) is 0. The Morgan fingerprint density at radius 2 is 0.860 bits per heavy atom. The molecule has 1 atom stereocenters. The molecule has 5 heteroatoms. The molecule has 0 amide bonds. The van der Waals surface area contributed by atoms with Crippen LogP contribution in [0.25, 0.3) is 0 Å². The van der Waals surface area contributed by atoms with Gasteiger partial charge in [0.15, 0.2) is 6.10 Å². The minimum atomic E-state index is -0.761. The van der Waals surface area contributed by atoms with E-state index in [1.54, 1.807) is 0 Å². The molecule has 0 bridgehead atoms. The maximum absolute atomic E-state index is 12.1. The molecule has 0 aromatic rings. The highest BCUT2D eigenvalue weighted by Gasteiger charge is 2.16. The lowest BCUT2D eigenvalue weighted by molar-refractivity contribution is -0.161. The SMILES string of the molecule is CCCCCCCCCCCCCC(=O)OC[C@H](CO)OC(=O)CCCCCCCCCCCCCCCCCC(C)C. The van der Waals surface area contributed by atoms with Crippen LogP contribution in [0.2, 0.25) is 0 Å². The monoisotopic (exact) mass is 611 g/mol. The van der Waals surface area contributed by atoms with E-state index in [0.29, 0.717) is 12.8 Å². The fraction of sp³-hybridized carbons (Fsp3) is 0.947. The molecule has 0 saturated heterocycles. The van der Waals surface area contributed by atoms with Crippen molar-refractivity contribution in [2.75, 3.05) is 13.2 Å². The third-order valence-electron chi connectivity index (χ3n) is 8.58. The smallest absolute Gasteiger partial charge is 0.306 e. The van der Waals surface area contributed by atoms with Gasteiger partial charge in [0.1, 0.15) is 6.61 Å². The van der Waals surface area contributed by atoms with Gasteiger partial charge >= 0.3 is 11.9 Å². The van der Waals surface area contributed by atoms with Crippen molar-refractivity contribution in [3.8, 4) is 0 Å². The topological polar surface area (TPSA) is 72.8 Å². The summed E-state index contributed by atoms with van der Waals surface area (Å²) >= 11 is 0. The number of aliphatic hydroxyl groups is 1. The minimum Gasteiger partial charge on any atom is -0.462 e. The van der Waals surface area contributed by atoms with Crippen LogP contribution in [0.15, 0.2) is 0 Å². The zero-order valence-electron chi connectivity index (χ0n) is 29.2. The van der Waals surface area contributed by atoms with Gasteiger partial charge in [-0.3, -0.25) is 9.59 Å². The Kier molecular flexibility index (Phi) is 32.9. The van der Waals surface area contributed by atoms with Crippen molar-refractivity contribution in [1.29, 1.82) is 0 Å². The first kappa shape index (κ1) is 41.9. The average Bonchev–Trinajstić information content (AvgIpc) is 2.99. The Morgan fingerprint density at radius 3 is 1.23 bits per heavy atom. The van der Waals surface area contributed by atoms with Crippen LogP contribution in [0.1, 0.15) is 207 Å². The van der Waals surface area contributed by atoms with Crippen LogP contribution in [0.3, 0.4) is 0 Å². The third kappa shape index (κ3) is 33.6. The molecule has 0 rings (SSSR count). The maximum atomic E-state index is 12.1. The van der Waals surface area contributed by atoms with Gasteiger partial charge in [-0.25, -0.2) is 0 Å². The summed E-state index contributed by atoms with van der Waals surface area (Å²) in [6.07, 6.45) is 34.5. The number of hydrogen-bond acceptors (Lipinski definition) is 5. The first-order chi connectivity index (χ1) is 21.0. The van der Waals surface area contributed by atoms with Gasteiger partial charge in [-0.1, -0.05) is 181 Å². The van der Waals surface area contributed by atoms with Gasteiger partial charge in [-0.05, 0) is 18.8 Å². The fourth-order valence-corrected chi connectivity index (χ4v) is 5.68. The zero-order valence-corrected chi connectivity index (χ0v) is 29.2. The van der Waals surface area contributed by atoms with Gasteiger partial charge in [0, 0.05) is 12.8 Å². The maximum Gasteiger partial charge on any atom is 0.306 e. The molecule has 43 heavy (non-hydrogen) atoms. The lowest BCUT2D eigenvalue weighted by atomic mass is 10.0. The molecule has 1 N–H and O–H groups in total. The van der Waals surface area contributed by atoms with E-state index in [-0.39, 0.29) is 25.2 Å². The Morgan fingerprint density at radius 1 is 0.512 bits per heavy atom. The highest BCUT2D eigenvalue weighted by Crippen LogP contribution is 2.16. The molecular formula is C38H74O5. The summed E-state index contributed by atoms with van der Waals surface area (Å²) in [5.41, 5.74) is 0. The third-order valence-corrected chi connectivity index (χ3v) is 8.58. The van der Waals surface area contributed by atoms with Gasteiger partial charge < -0.3 is 14.6 Å². The predicted octanol–water partition coefficient (Wildman–Crippen LogP) is 11.4. The van der Waals surface area contributed by atoms with E-state index in [0.717, 1.165) is 44.4 Å². The highest BCUT2D eigenvalue weighted by molar-refractivity contribution is 5.70. The number of carbonyl (C=O) groups excluding carboxylic acids is 2. The first-order valence-corrected chi connectivity index (χ1v) is 19.0. The van der Waals surface area contributed by atoms with Gasteiger partial charge in [0.05, 0.1) is 6.61 Å². The number of ether oxygens (including phenoxy) is 2. The summed E-state index contributed by atoms with van der Waals surface area (Å²) in [5, 5.41) is 9.52. The van der Waals surface area contributed by atoms with Crippen molar-refractivity contribution < 1.29 is 24.2 Å². The molecule has 5 nitrogen and oxygen atoms in total. The van der Waals surface area contributed by atoms with Crippen molar-refractivity contribution >= 4 is 11.9 Å². The Hall–Kier alpha value is -1.10. The summed E-state index contributed by atoms with van der Waals surface area (Å²) in [6.45, 7) is 6.50. The summed E-state index contributed by atoms with van der Waals surface area (Å²) < 4.78 is 10.6. The lowest BCUT2D eigenvalue weighted by Gasteiger charge is -2.15. The fourth-order valence-electron chi connectivity index (χ4n) is 5.68. The predicted molar refractivity (Wildman–Crippen MR) is 182 cm³/mol. The Balaban J connectivity index is 3.49. The number of aliphatic hydroxyl groups excluding tert-OH is 1. The van der Waals surface area contributed by atoms with E-state index in [1.165, 1.54) is 135 Å². The van der Waals surface area contributed by atoms with Crippen molar-refractivity contribution in [3.05, 3.63) is 0 Å². The molecule has 0 fully saturated rings. The number of esters is 2. The van der Waals surface area contributed by atoms with Crippen LogP contribution in [0.5, 0.6) is 0 Å². The summed E-state index contributed by atoms with van der Waals surface area (Å²) in [5.74, 6) is 0.276. The molecule has 0 aliphatic rings.